The molecule has 1 atom stereocenters. The molecule has 1 amide bonds. The molecule has 0 aliphatic rings. The van der Waals surface area contributed by atoms with Gasteiger partial charge in [0.25, 0.3) is 0 Å². The second-order valence-electron chi connectivity index (χ2n) is 5.71. The van der Waals surface area contributed by atoms with Crippen LogP contribution in [0.25, 0.3) is 5.69 Å². The van der Waals surface area contributed by atoms with Crippen molar-refractivity contribution in [2.45, 2.75) is 24.3 Å². The van der Waals surface area contributed by atoms with E-state index in [2.05, 4.69) is 10.3 Å². The summed E-state index contributed by atoms with van der Waals surface area (Å²) in [7, 11) is 0. The van der Waals surface area contributed by atoms with Crippen LogP contribution in [0, 0.1) is 6.92 Å². The molecule has 134 valence electrons. The number of benzene rings is 2. The Bertz CT molecular complexity index is 922. The maximum atomic E-state index is 12.6. The number of amides is 1. The minimum atomic E-state index is -0.382. The molecule has 0 bridgehead atoms. The lowest BCUT2D eigenvalue weighted by Gasteiger charge is -2.15. The van der Waals surface area contributed by atoms with E-state index in [4.69, 9.17) is 23.2 Å². The van der Waals surface area contributed by atoms with Gasteiger partial charge in [-0.1, -0.05) is 59.2 Å². The standard InChI is InChI=1S/C19H17Cl2N3OS/c1-12-6-3-4-9-16(12)24-11-10-22-19(24)26-13(2)18(25)23-17-14(20)7-5-8-15(17)21/h3-11,13H,1-2H3,(H,23,25). The van der Waals surface area contributed by atoms with Crippen LogP contribution in [-0.2, 0) is 4.79 Å². The summed E-state index contributed by atoms with van der Waals surface area (Å²) in [5, 5.41) is 3.98. The van der Waals surface area contributed by atoms with Crippen LogP contribution in [0.3, 0.4) is 0 Å². The summed E-state index contributed by atoms with van der Waals surface area (Å²) < 4.78 is 1.98. The van der Waals surface area contributed by atoms with Gasteiger partial charge in [0.1, 0.15) is 0 Å². The molecule has 0 saturated heterocycles. The number of para-hydroxylation sites is 2. The number of hydrogen-bond donors (Lipinski definition) is 1. The van der Waals surface area contributed by atoms with Crippen molar-refractivity contribution in [3.63, 3.8) is 0 Å². The van der Waals surface area contributed by atoms with Gasteiger partial charge in [-0.15, -0.1) is 0 Å². The van der Waals surface area contributed by atoms with Gasteiger partial charge in [-0.2, -0.15) is 0 Å². The molecule has 0 aliphatic carbocycles. The lowest BCUT2D eigenvalue weighted by atomic mass is 10.2. The Hall–Kier alpha value is -1.95. The smallest absolute Gasteiger partial charge is 0.237 e. The van der Waals surface area contributed by atoms with Crippen molar-refractivity contribution in [3.05, 3.63) is 70.5 Å². The van der Waals surface area contributed by atoms with Gasteiger partial charge in [-0.05, 0) is 37.6 Å². The van der Waals surface area contributed by atoms with Gasteiger partial charge in [-0.25, -0.2) is 4.98 Å². The number of thioether (sulfide) groups is 1. The third-order valence-corrected chi connectivity index (χ3v) is 5.55. The highest BCUT2D eigenvalue weighted by atomic mass is 35.5. The summed E-state index contributed by atoms with van der Waals surface area (Å²) in [6.07, 6.45) is 3.62. The van der Waals surface area contributed by atoms with Crippen LogP contribution in [0.15, 0.2) is 60.0 Å². The third-order valence-electron chi connectivity index (χ3n) is 3.84. The number of anilines is 1. The Morgan fingerprint density at radius 1 is 1.15 bits per heavy atom. The lowest BCUT2D eigenvalue weighted by Crippen LogP contribution is -2.23. The molecule has 1 aromatic heterocycles. The first-order valence-electron chi connectivity index (χ1n) is 7.98. The van der Waals surface area contributed by atoms with Crippen molar-refractivity contribution in [2.24, 2.45) is 0 Å². The molecule has 1 N–H and O–H groups in total. The first kappa shape index (κ1) is 18.8. The number of carbonyl (C=O) groups is 1. The molecule has 4 nitrogen and oxygen atoms in total. The molecule has 0 radical (unpaired) electrons. The fourth-order valence-corrected chi connectivity index (χ4v) is 3.82. The molecular formula is C19H17Cl2N3OS. The van der Waals surface area contributed by atoms with Gasteiger partial charge in [0, 0.05) is 12.4 Å². The molecule has 0 spiro atoms. The third kappa shape index (κ3) is 4.06. The van der Waals surface area contributed by atoms with Crippen LogP contribution < -0.4 is 5.32 Å². The summed E-state index contributed by atoms with van der Waals surface area (Å²) in [6.45, 7) is 3.86. The highest BCUT2D eigenvalue weighted by Gasteiger charge is 2.20. The Kier molecular flexibility index (Phi) is 5.91. The Labute approximate surface area is 166 Å². The number of aromatic nitrogens is 2. The van der Waals surface area contributed by atoms with E-state index in [1.807, 2.05) is 48.9 Å². The largest absolute Gasteiger partial charge is 0.323 e. The highest BCUT2D eigenvalue weighted by Crippen LogP contribution is 2.31. The van der Waals surface area contributed by atoms with Crippen LogP contribution in [0.5, 0.6) is 0 Å². The molecule has 3 aromatic rings. The Morgan fingerprint density at radius 2 is 1.85 bits per heavy atom. The van der Waals surface area contributed by atoms with Crippen molar-refractivity contribution in [1.29, 1.82) is 0 Å². The second kappa shape index (κ2) is 8.16. The van der Waals surface area contributed by atoms with E-state index in [1.165, 1.54) is 11.8 Å². The van der Waals surface area contributed by atoms with Crippen LogP contribution in [-0.4, -0.2) is 20.7 Å². The minimum absolute atomic E-state index is 0.190. The van der Waals surface area contributed by atoms with Crippen molar-refractivity contribution in [3.8, 4) is 5.69 Å². The summed E-state index contributed by atoms with van der Waals surface area (Å²) in [5.41, 5.74) is 2.59. The predicted octanol–water partition coefficient (Wildman–Crippen LogP) is 5.61. The lowest BCUT2D eigenvalue weighted by molar-refractivity contribution is -0.115. The van der Waals surface area contributed by atoms with Crippen molar-refractivity contribution in [1.82, 2.24) is 9.55 Å². The van der Waals surface area contributed by atoms with E-state index in [-0.39, 0.29) is 11.2 Å². The van der Waals surface area contributed by atoms with Gasteiger partial charge in [0.15, 0.2) is 5.16 Å². The molecule has 26 heavy (non-hydrogen) atoms. The van der Waals surface area contributed by atoms with E-state index >= 15 is 0 Å². The minimum Gasteiger partial charge on any atom is -0.323 e. The van der Waals surface area contributed by atoms with E-state index < -0.39 is 0 Å². The summed E-state index contributed by atoms with van der Waals surface area (Å²) in [4.78, 5) is 17.0. The number of hydrogen-bond acceptors (Lipinski definition) is 3. The van der Waals surface area contributed by atoms with Gasteiger partial charge in [0.05, 0.1) is 26.7 Å². The van der Waals surface area contributed by atoms with Crippen LogP contribution in [0.4, 0.5) is 5.69 Å². The number of aryl methyl sites for hydroxylation is 1. The molecule has 3 rings (SSSR count). The molecule has 1 unspecified atom stereocenters. The maximum absolute atomic E-state index is 12.6. The number of carbonyl (C=O) groups excluding carboxylic acids is 1. The number of nitrogens with one attached hydrogen (secondary N) is 1. The summed E-state index contributed by atoms with van der Waals surface area (Å²) in [6, 6.07) is 13.1. The molecular weight excluding hydrogens is 389 g/mol. The topological polar surface area (TPSA) is 46.9 Å². The molecule has 2 aromatic carbocycles. The summed E-state index contributed by atoms with van der Waals surface area (Å²) >= 11 is 13.6. The number of rotatable bonds is 5. The number of halogens is 2. The molecule has 7 heteroatoms. The van der Waals surface area contributed by atoms with E-state index in [0.717, 1.165) is 16.4 Å². The van der Waals surface area contributed by atoms with Gasteiger partial charge in [0.2, 0.25) is 5.91 Å². The molecule has 1 heterocycles. The Morgan fingerprint density at radius 3 is 2.54 bits per heavy atom. The van der Waals surface area contributed by atoms with Gasteiger partial charge in [-0.3, -0.25) is 9.36 Å². The monoisotopic (exact) mass is 405 g/mol. The average Bonchev–Trinajstić information content (AvgIpc) is 3.06. The maximum Gasteiger partial charge on any atom is 0.237 e. The van der Waals surface area contributed by atoms with Gasteiger partial charge >= 0.3 is 0 Å². The summed E-state index contributed by atoms with van der Waals surface area (Å²) in [5.74, 6) is -0.190. The molecule has 0 saturated carbocycles. The fraction of sp³-hybridized carbons (Fsp3) is 0.158. The second-order valence-corrected chi connectivity index (χ2v) is 7.83. The SMILES string of the molecule is Cc1ccccc1-n1ccnc1SC(C)C(=O)Nc1c(Cl)cccc1Cl. The first-order chi connectivity index (χ1) is 12.5. The van der Waals surface area contributed by atoms with E-state index in [9.17, 15) is 4.79 Å². The zero-order valence-corrected chi connectivity index (χ0v) is 16.6. The normalized spacial score (nSPS) is 12.0. The predicted molar refractivity (Wildman–Crippen MR) is 109 cm³/mol. The highest BCUT2D eigenvalue weighted by molar-refractivity contribution is 8.00. The Balaban J connectivity index is 1.77. The zero-order chi connectivity index (χ0) is 18.7. The first-order valence-corrected chi connectivity index (χ1v) is 9.62. The fourth-order valence-electron chi connectivity index (χ4n) is 2.45. The van der Waals surface area contributed by atoms with Crippen LogP contribution in [0.1, 0.15) is 12.5 Å². The van der Waals surface area contributed by atoms with Crippen LogP contribution >= 0.6 is 35.0 Å². The quantitative estimate of drug-likeness (QED) is 0.561. The van der Waals surface area contributed by atoms with E-state index in [1.54, 1.807) is 24.4 Å². The van der Waals surface area contributed by atoms with Crippen LogP contribution in [0.2, 0.25) is 10.0 Å². The van der Waals surface area contributed by atoms with Crippen molar-refractivity contribution >= 4 is 46.6 Å². The van der Waals surface area contributed by atoms with E-state index in [0.29, 0.717) is 15.7 Å². The van der Waals surface area contributed by atoms with Crippen molar-refractivity contribution < 1.29 is 4.79 Å². The zero-order valence-electron chi connectivity index (χ0n) is 14.2. The number of nitrogens with zero attached hydrogens (tertiary/aromatic N) is 2. The van der Waals surface area contributed by atoms with Gasteiger partial charge < -0.3 is 5.32 Å². The molecule has 0 aliphatic heterocycles. The molecule has 0 fully saturated rings. The number of imidazole rings is 1. The van der Waals surface area contributed by atoms with Crippen molar-refractivity contribution in [2.75, 3.05) is 5.32 Å². The average molecular weight is 406 g/mol.